The zero-order chi connectivity index (χ0) is 15.0. The number of nitrogens with two attached hydrogens (primary N) is 1. The number of rotatable bonds is 4. The lowest BCUT2D eigenvalue weighted by Crippen LogP contribution is -2.47. The minimum atomic E-state index is -4.07. The maximum Gasteiger partial charge on any atom is 0.246 e. The summed E-state index contributed by atoms with van der Waals surface area (Å²) in [4.78, 5) is -0.478. The van der Waals surface area contributed by atoms with Gasteiger partial charge in [0.2, 0.25) is 10.0 Å². The smallest absolute Gasteiger partial charge is 0.246 e. The van der Waals surface area contributed by atoms with Gasteiger partial charge in [0.05, 0.1) is 12.1 Å². The number of aliphatic hydroxyl groups excluding tert-OH is 1. The number of hydrogen-bond donors (Lipinski definition) is 2. The molecule has 0 saturated heterocycles. The Labute approximate surface area is 112 Å². The van der Waals surface area contributed by atoms with Gasteiger partial charge in [0.25, 0.3) is 0 Å². The fourth-order valence-corrected chi connectivity index (χ4v) is 3.20. The molecule has 0 amide bonds. The molecule has 3 N–H and O–H groups in total. The Hall–Kier alpha value is -1.18. The summed E-state index contributed by atoms with van der Waals surface area (Å²) in [5, 5.41) is 9.23. The fourth-order valence-electron chi connectivity index (χ4n) is 1.52. The molecule has 1 aromatic carbocycles. The Kier molecular flexibility index (Phi) is 4.23. The molecule has 5 nitrogen and oxygen atoms in total. The highest BCUT2D eigenvalue weighted by molar-refractivity contribution is 7.89. The molecule has 108 valence electrons. The molecule has 0 aliphatic rings. The third-order valence-electron chi connectivity index (χ3n) is 3.12. The van der Waals surface area contributed by atoms with E-state index >= 15 is 0 Å². The van der Waals surface area contributed by atoms with E-state index in [-0.39, 0.29) is 17.9 Å². The molecule has 0 heterocycles. The van der Waals surface area contributed by atoms with Gasteiger partial charge in [0.15, 0.2) is 0 Å². The summed E-state index contributed by atoms with van der Waals surface area (Å²) in [6.45, 7) is 4.15. The summed E-state index contributed by atoms with van der Waals surface area (Å²) in [6, 6.07) is 2.45. The van der Waals surface area contributed by atoms with Crippen LogP contribution >= 0.6 is 0 Å². The monoisotopic (exact) mass is 290 g/mol. The Bertz CT molecular complexity index is 585. The van der Waals surface area contributed by atoms with Crippen molar-refractivity contribution >= 4 is 15.7 Å². The van der Waals surface area contributed by atoms with Crippen LogP contribution in [-0.4, -0.2) is 37.0 Å². The summed E-state index contributed by atoms with van der Waals surface area (Å²) in [6.07, 6.45) is 0. The van der Waals surface area contributed by atoms with Gasteiger partial charge < -0.3 is 10.8 Å². The molecular weight excluding hydrogens is 271 g/mol. The highest BCUT2D eigenvalue weighted by atomic mass is 32.2. The largest absolute Gasteiger partial charge is 0.399 e. The first-order valence-electron chi connectivity index (χ1n) is 5.69. The predicted molar refractivity (Wildman–Crippen MR) is 71.7 cm³/mol. The normalized spacial score (nSPS) is 13.0. The average molecular weight is 290 g/mol. The van der Waals surface area contributed by atoms with Crippen LogP contribution in [0.15, 0.2) is 17.0 Å². The van der Waals surface area contributed by atoms with Crippen molar-refractivity contribution in [3.8, 4) is 0 Å². The van der Waals surface area contributed by atoms with Gasteiger partial charge in [0, 0.05) is 12.7 Å². The van der Waals surface area contributed by atoms with Crippen molar-refractivity contribution in [3.63, 3.8) is 0 Å². The second-order valence-electron chi connectivity index (χ2n) is 5.09. The number of anilines is 1. The van der Waals surface area contributed by atoms with Crippen LogP contribution in [0.25, 0.3) is 0 Å². The Morgan fingerprint density at radius 2 is 1.95 bits per heavy atom. The summed E-state index contributed by atoms with van der Waals surface area (Å²) in [5.74, 6) is -0.824. The second-order valence-corrected chi connectivity index (χ2v) is 7.03. The van der Waals surface area contributed by atoms with Crippen LogP contribution in [-0.2, 0) is 10.0 Å². The number of likely N-dealkylation sites (N-methyl/N-ethyl adjacent to an activating group) is 1. The van der Waals surface area contributed by atoms with Crippen molar-refractivity contribution in [1.82, 2.24) is 4.31 Å². The zero-order valence-electron chi connectivity index (χ0n) is 11.4. The van der Waals surface area contributed by atoms with E-state index < -0.39 is 26.3 Å². The highest BCUT2D eigenvalue weighted by Gasteiger charge is 2.35. The van der Waals surface area contributed by atoms with Gasteiger partial charge in [-0.3, -0.25) is 0 Å². The molecule has 0 saturated carbocycles. The third kappa shape index (κ3) is 2.88. The molecule has 0 radical (unpaired) electrons. The SMILES string of the molecule is Cc1cc(N)cc(S(=O)(=O)N(C)C(C)(C)CO)c1F. The van der Waals surface area contributed by atoms with Crippen LogP contribution in [0, 0.1) is 12.7 Å². The van der Waals surface area contributed by atoms with Gasteiger partial charge in [0.1, 0.15) is 10.7 Å². The van der Waals surface area contributed by atoms with Crippen molar-refractivity contribution in [2.75, 3.05) is 19.4 Å². The third-order valence-corrected chi connectivity index (χ3v) is 5.19. The number of aryl methyl sites for hydroxylation is 1. The van der Waals surface area contributed by atoms with Crippen LogP contribution in [0.5, 0.6) is 0 Å². The number of nitrogens with zero attached hydrogens (tertiary/aromatic N) is 1. The molecule has 7 heteroatoms. The molecule has 0 bridgehead atoms. The number of aliphatic hydroxyl groups is 1. The highest BCUT2D eigenvalue weighted by Crippen LogP contribution is 2.27. The Balaban J connectivity index is 3.45. The summed E-state index contributed by atoms with van der Waals surface area (Å²) in [5.41, 5.74) is 4.86. The zero-order valence-corrected chi connectivity index (χ0v) is 12.3. The standard InChI is InChI=1S/C12H19FN2O3S/c1-8-5-9(14)6-10(11(8)13)19(17,18)15(4)12(2,3)7-16/h5-6,16H,7,14H2,1-4H3. The number of nitrogen functional groups attached to an aromatic ring is 1. The van der Waals surface area contributed by atoms with Crippen LogP contribution in [0.3, 0.4) is 0 Å². The average Bonchev–Trinajstić information content (AvgIpc) is 2.32. The molecule has 0 aliphatic heterocycles. The first-order chi connectivity index (χ1) is 8.54. The first kappa shape index (κ1) is 15.9. The molecule has 0 unspecified atom stereocenters. The topological polar surface area (TPSA) is 83.6 Å². The molecule has 1 rings (SSSR count). The summed E-state index contributed by atoms with van der Waals surface area (Å²) in [7, 11) is -2.77. The lowest BCUT2D eigenvalue weighted by molar-refractivity contribution is 0.137. The van der Waals surface area contributed by atoms with E-state index in [0.717, 1.165) is 10.4 Å². The number of sulfonamides is 1. The lowest BCUT2D eigenvalue weighted by Gasteiger charge is -2.33. The molecule has 0 fully saturated rings. The van der Waals surface area contributed by atoms with Crippen molar-refractivity contribution in [2.45, 2.75) is 31.2 Å². The first-order valence-corrected chi connectivity index (χ1v) is 7.13. The molecule has 0 spiro atoms. The van der Waals surface area contributed by atoms with Crippen molar-refractivity contribution in [1.29, 1.82) is 0 Å². The number of hydrogen-bond acceptors (Lipinski definition) is 4. The second kappa shape index (κ2) is 5.07. The van der Waals surface area contributed by atoms with Gasteiger partial charge in [-0.2, -0.15) is 4.31 Å². The molecular formula is C12H19FN2O3S. The van der Waals surface area contributed by atoms with Gasteiger partial charge in [-0.1, -0.05) is 0 Å². The lowest BCUT2D eigenvalue weighted by atomic mass is 10.1. The van der Waals surface area contributed by atoms with Crippen molar-refractivity contribution in [3.05, 3.63) is 23.5 Å². The van der Waals surface area contributed by atoms with E-state index in [4.69, 9.17) is 5.73 Å². The van der Waals surface area contributed by atoms with E-state index in [1.165, 1.54) is 20.0 Å². The van der Waals surface area contributed by atoms with E-state index in [1.54, 1.807) is 13.8 Å². The predicted octanol–water partition coefficient (Wildman–Crippen LogP) is 1.11. The van der Waals surface area contributed by atoms with E-state index in [9.17, 15) is 17.9 Å². The van der Waals surface area contributed by atoms with Crippen molar-refractivity contribution < 1.29 is 17.9 Å². The van der Waals surface area contributed by atoms with Crippen LogP contribution in [0.1, 0.15) is 19.4 Å². The minimum Gasteiger partial charge on any atom is -0.399 e. The maximum absolute atomic E-state index is 14.0. The van der Waals surface area contributed by atoms with Gasteiger partial charge in [-0.15, -0.1) is 0 Å². The fraction of sp³-hybridized carbons (Fsp3) is 0.500. The Morgan fingerprint density at radius 3 is 2.42 bits per heavy atom. The number of benzene rings is 1. The maximum atomic E-state index is 14.0. The van der Waals surface area contributed by atoms with Crippen LogP contribution in [0.2, 0.25) is 0 Å². The van der Waals surface area contributed by atoms with E-state index in [0.29, 0.717) is 0 Å². The summed E-state index contributed by atoms with van der Waals surface area (Å²) >= 11 is 0. The van der Waals surface area contributed by atoms with Crippen LogP contribution < -0.4 is 5.73 Å². The molecule has 0 atom stereocenters. The Morgan fingerprint density at radius 1 is 1.42 bits per heavy atom. The quantitative estimate of drug-likeness (QED) is 0.814. The van der Waals surface area contributed by atoms with Crippen molar-refractivity contribution in [2.24, 2.45) is 0 Å². The minimum absolute atomic E-state index is 0.161. The molecule has 0 aliphatic carbocycles. The molecule has 19 heavy (non-hydrogen) atoms. The van der Waals surface area contributed by atoms with Gasteiger partial charge in [-0.25, -0.2) is 12.8 Å². The number of halogens is 1. The van der Waals surface area contributed by atoms with E-state index in [1.807, 2.05) is 0 Å². The molecule has 0 aromatic heterocycles. The van der Waals surface area contributed by atoms with E-state index in [2.05, 4.69) is 0 Å². The molecule has 1 aromatic rings. The van der Waals surface area contributed by atoms with Gasteiger partial charge in [-0.05, 0) is 38.5 Å². The van der Waals surface area contributed by atoms with Crippen LogP contribution in [0.4, 0.5) is 10.1 Å². The van der Waals surface area contributed by atoms with Gasteiger partial charge >= 0.3 is 0 Å². The summed E-state index contributed by atoms with van der Waals surface area (Å²) < 4.78 is 39.7.